The van der Waals surface area contributed by atoms with E-state index in [1.54, 1.807) is 29.2 Å². The Morgan fingerprint density at radius 3 is 2.21 bits per heavy atom. The fourth-order valence-corrected chi connectivity index (χ4v) is 3.76. The Hall–Kier alpha value is -3.15. The van der Waals surface area contributed by atoms with Crippen LogP contribution in [0.3, 0.4) is 0 Å². The highest BCUT2D eigenvalue weighted by Gasteiger charge is 2.58. The third kappa shape index (κ3) is 3.38. The van der Waals surface area contributed by atoms with E-state index in [4.69, 9.17) is 0 Å². The zero-order valence-electron chi connectivity index (χ0n) is 15.8. The predicted octanol–water partition coefficient (Wildman–Crippen LogP) is 3.34. The van der Waals surface area contributed by atoms with E-state index in [-0.39, 0.29) is 17.7 Å². The summed E-state index contributed by atoms with van der Waals surface area (Å²) in [6.45, 7) is 2.09. The summed E-state index contributed by atoms with van der Waals surface area (Å²) in [6.07, 6.45) is 3.01. The van der Waals surface area contributed by atoms with Crippen LogP contribution in [0.4, 0.5) is 17.1 Å². The number of hydrogen-bond acceptors (Lipinski definition) is 3. The van der Waals surface area contributed by atoms with E-state index in [2.05, 4.69) is 10.6 Å². The summed E-state index contributed by atoms with van der Waals surface area (Å²) < 4.78 is 0. The molecule has 1 aliphatic carbocycles. The molecule has 0 unspecified atom stereocenters. The molecule has 1 heterocycles. The third-order valence-electron chi connectivity index (χ3n) is 5.41. The molecule has 2 aromatic carbocycles. The normalized spacial score (nSPS) is 16.7. The zero-order valence-corrected chi connectivity index (χ0v) is 15.8. The van der Waals surface area contributed by atoms with Gasteiger partial charge in [-0.25, -0.2) is 0 Å². The SMILES string of the molecule is CC(=O)Nc1ccc(NC(=O)C2(C(=O)N3CCCc4ccccc43)CC2)cc1. The Balaban J connectivity index is 1.49. The van der Waals surface area contributed by atoms with Gasteiger partial charge in [0.25, 0.3) is 0 Å². The van der Waals surface area contributed by atoms with Crippen LogP contribution in [0.5, 0.6) is 0 Å². The van der Waals surface area contributed by atoms with Crippen molar-refractivity contribution in [2.24, 2.45) is 5.41 Å². The molecule has 2 aromatic rings. The van der Waals surface area contributed by atoms with E-state index in [0.717, 1.165) is 24.1 Å². The summed E-state index contributed by atoms with van der Waals surface area (Å²) in [4.78, 5) is 39.1. The van der Waals surface area contributed by atoms with Crippen molar-refractivity contribution in [2.75, 3.05) is 22.1 Å². The van der Waals surface area contributed by atoms with Crippen LogP contribution in [-0.4, -0.2) is 24.3 Å². The molecule has 2 N–H and O–H groups in total. The minimum atomic E-state index is -0.971. The van der Waals surface area contributed by atoms with Crippen molar-refractivity contribution in [3.05, 3.63) is 54.1 Å². The molecule has 1 fully saturated rings. The number of carbonyl (C=O) groups is 3. The van der Waals surface area contributed by atoms with Crippen LogP contribution < -0.4 is 15.5 Å². The first kappa shape index (κ1) is 18.2. The quantitative estimate of drug-likeness (QED) is 0.802. The molecular formula is C22H23N3O3. The number of carbonyl (C=O) groups excluding carboxylic acids is 3. The van der Waals surface area contributed by atoms with Crippen LogP contribution in [0.15, 0.2) is 48.5 Å². The first-order valence-corrected chi connectivity index (χ1v) is 9.59. The molecule has 1 aliphatic heterocycles. The second-order valence-corrected chi connectivity index (χ2v) is 7.48. The van der Waals surface area contributed by atoms with Crippen molar-refractivity contribution in [3.63, 3.8) is 0 Å². The highest BCUT2D eigenvalue weighted by molar-refractivity contribution is 6.18. The van der Waals surface area contributed by atoms with Gasteiger partial charge in [-0.2, -0.15) is 0 Å². The first-order chi connectivity index (χ1) is 13.5. The summed E-state index contributed by atoms with van der Waals surface area (Å²) >= 11 is 0. The van der Waals surface area contributed by atoms with Gasteiger partial charge in [0.05, 0.1) is 0 Å². The largest absolute Gasteiger partial charge is 0.326 e. The van der Waals surface area contributed by atoms with E-state index in [0.29, 0.717) is 30.8 Å². The monoisotopic (exact) mass is 377 g/mol. The first-order valence-electron chi connectivity index (χ1n) is 9.59. The van der Waals surface area contributed by atoms with Crippen molar-refractivity contribution < 1.29 is 14.4 Å². The number of nitrogens with zero attached hydrogens (tertiary/aromatic N) is 1. The second kappa shape index (κ2) is 7.11. The zero-order chi connectivity index (χ0) is 19.7. The number of para-hydroxylation sites is 1. The minimum absolute atomic E-state index is 0.105. The molecule has 0 atom stereocenters. The lowest BCUT2D eigenvalue weighted by Crippen LogP contribution is -2.45. The van der Waals surface area contributed by atoms with Gasteiger partial charge in [0.2, 0.25) is 17.7 Å². The van der Waals surface area contributed by atoms with E-state index < -0.39 is 5.41 Å². The molecule has 144 valence electrons. The molecule has 0 saturated heterocycles. The summed E-state index contributed by atoms with van der Waals surface area (Å²) in [5.74, 6) is -0.513. The van der Waals surface area contributed by atoms with Gasteiger partial charge < -0.3 is 15.5 Å². The van der Waals surface area contributed by atoms with Gasteiger partial charge in [0.15, 0.2) is 0 Å². The lowest BCUT2D eigenvalue weighted by Gasteiger charge is -2.32. The average molecular weight is 377 g/mol. The number of aryl methyl sites for hydroxylation is 1. The van der Waals surface area contributed by atoms with Gasteiger partial charge in [-0.1, -0.05) is 18.2 Å². The fraction of sp³-hybridized carbons (Fsp3) is 0.318. The van der Waals surface area contributed by atoms with Crippen molar-refractivity contribution in [1.82, 2.24) is 0 Å². The Labute approximate surface area is 163 Å². The molecule has 2 aliphatic rings. The molecule has 4 rings (SSSR count). The number of anilines is 3. The van der Waals surface area contributed by atoms with Gasteiger partial charge >= 0.3 is 0 Å². The van der Waals surface area contributed by atoms with Gasteiger partial charge in [0.1, 0.15) is 5.41 Å². The second-order valence-electron chi connectivity index (χ2n) is 7.48. The van der Waals surface area contributed by atoms with E-state index in [1.807, 2.05) is 24.3 Å². The molecule has 0 bridgehead atoms. The highest BCUT2D eigenvalue weighted by Crippen LogP contribution is 2.49. The van der Waals surface area contributed by atoms with Crippen LogP contribution in [0.2, 0.25) is 0 Å². The summed E-state index contributed by atoms with van der Waals surface area (Å²) in [5.41, 5.74) is 2.38. The average Bonchev–Trinajstić information content (AvgIpc) is 3.50. The lowest BCUT2D eigenvalue weighted by molar-refractivity contribution is -0.132. The Morgan fingerprint density at radius 1 is 0.929 bits per heavy atom. The van der Waals surface area contributed by atoms with Crippen molar-refractivity contribution in [1.29, 1.82) is 0 Å². The van der Waals surface area contributed by atoms with E-state index >= 15 is 0 Å². The maximum atomic E-state index is 13.3. The molecular weight excluding hydrogens is 354 g/mol. The fourth-order valence-electron chi connectivity index (χ4n) is 3.76. The minimum Gasteiger partial charge on any atom is -0.326 e. The molecule has 6 heteroatoms. The summed E-state index contributed by atoms with van der Waals surface area (Å²) in [7, 11) is 0. The van der Waals surface area contributed by atoms with Crippen LogP contribution in [0.25, 0.3) is 0 Å². The molecule has 0 spiro atoms. The summed E-state index contributed by atoms with van der Waals surface area (Å²) in [6, 6.07) is 14.8. The standard InChI is InChI=1S/C22H23N3O3/c1-15(26)23-17-8-10-18(11-9-17)24-20(27)22(12-13-22)21(28)25-14-4-6-16-5-2-3-7-19(16)25/h2-3,5,7-11H,4,6,12-14H2,1H3,(H,23,26)(H,24,27). The highest BCUT2D eigenvalue weighted by atomic mass is 16.2. The molecule has 3 amide bonds. The van der Waals surface area contributed by atoms with Crippen molar-refractivity contribution in [2.45, 2.75) is 32.6 Å². The van der Waals surface area contributed by atoms with Gasteiger partial charge in [0, 0.05) is 30.5 Å². The Bertz CT molecular complexity index is 932. The van der Waals surface area contributed by atoms with Gasteiger partial charge in [-0.05, 0) is 61.6 Å². The molecule has 1 saturated carbocycles. The van der Waals surface area contributed by atoms with Gasteiger partial charge in [-0.15, -0.1) is 0 Å². The number of benzene rings is 2. The van der Waals surface area contributed by atoms with Gasteiger partial charge in [-0.3, -0.25) is 14.4 Å². The number of hydrogen-bond donors (Lipinski definition) is 2. The number of amides is 3. The molecule has 28 heavy (non-hydrogen) atoms. The third-order valence-corrected chi connectivity index (χ3v) is 5.41. The Kier molecular flexibility index (Phi) is 4.63. The maximum Gasteiger partial charge on any atom is 0.242 e. The van der Waals surface area contributed by atoms with Crippen LogP contribution >= 0.6 is 0 Å². The van der Waals surface area contributed by atoms with Crippen LogP contribution in [-0.2, 0) is 20.8 Å². The lowest BCUT2D eigenvalue weighted by atomic mass is 9.97. The molecule has 0 radical (unpaired) electrons. The van der Waals surface area contributed by atoms with Crippen molar-refractivity contribution >= 4 is 34.8 Å². The van der Waals surface area contributed by atoms with Crippen LogP contribution in [0, 0.1) is 5.41 Å². The Morgan fingerprint density at radius 2 is 1.57 bits per heavy atom. The molecule has 0 aromatic heterocycles. The number of rotatable bonds is 4. The maximum absolute atomic E-state index is 13.3. The van der Waals surface area contributed by atoms with Crippen LogP contribution in [0.1, 0.15) is 31.7 Å². The topological polar surface area (TPSA) is 78.5 Å². The van der Waals surface area contributed by atoms with Crippen molar-refractivity contribution in [3.8, 4) is 0 Å². The van der Waals surface area contributed by atoms with E-state index in [9.17, 15) is 14.4 Å². The smallest absolute Gasteiger partial charge is 0.242 e. The summed E-state index contributed by atoms with van der Waals surface area (Å²) in [5, 5.41) is 5.56. The predicted molar refractivity (Wildman–Crippen MR) is 108 cm³/mol. The number of nitrogens with one attached hydrogen (secondary N) is 2. The van der Waals surface area contributed by atoms with E-state index in [1.165, 1.54) is 6.92 Å². The molecule has 6 nitrogen and oxygen atoms in total. The number of fused-ring (bicyclic) bond motifs is 1.